The average Bonchev–Trinajstić information content (AvgIpc) is 2.98. The number of likely N-dealkylation sites (tertiary alicyclic amines) is 1. The van der Waals surface area contributed by atoms with Gasteiger partial charge in [-0.1, -0.05) is 35.3 Å². The molecule has 42 heavy (non-hydrogen) atoms. The van der Waals surface area contributed by atoms with Crippen LogP contribution < -0.4 is 4.90 Å². The molecule has 3 aromatic rings. The normalized spacial score (nSPS) is 18.8. The number of ether oxygens (including phenoxy) is 1. The van der Waals surface area contributed by atoms with Crippen molar-refractivity contribution in [2.45, 2.75) is 43.7 Å². The Balaban J connectivity index is 1.18. The third-order valence-electron chi connectivity index (χ3n) is 8.90. The number of rotatable bonds is 5. The quantitative estimate of drug-likeness (QED) is 0.314. The predicted molar refractivity (Wildman–Crippen MR) is 158 cm³/mol. The molecule has 1 fully saturated rings. The van der Waals surface area contributed by atoms with Crippen molar-refractivity contribution in [3.05, 3.63) is 98.5 Å². The molecule has 0 aliphatic carbocycles. The molecule has 0 saturated carbocycles. The Morgan fingerprint density at radius 3 is 2.45 bits per heavy atom. The van der Waals surface area contributed by atoms with Crippen molar-refractivity contribution in [2.24, 2.45) is 0 Å². The maximum absolute atomic E-state index is 14.2. The smallest absolute Gasteiger partial charge is 0.414 e. The summed E-state index contributed by atoms with van der Waals surface area (Å²) in [6.45, 7) is 2.76. The molecule has 6 rings (SSSR count). The van der Waals surface area contributed by atoms with Crippen molar-refractivity contribution in [3.8, 4) is 0 Å². The van der Waals surface area contributed by atoms with Crippen LogP contribution >= 0.6 is 23.2 Å². The van der Waals surface area contributed by atoms with Gasteiger partial charge in [0, 0.05) is 51.6 Å². The number of piperidine rings is 1. The van der Waals surface area contributed by atoms with Gasteiger partial charge in [0.25, 0.3) is 0 Å². The van der Waals surface area contributed by atoms with Crippen LogP contribution in [0.2, 0.25) is 10.0 Å². The lowest BCUT2D eigenvalue weighted by Crippen LogP contribution is -2.51. The number of hydrogen-bond donors (Lipinski definition) is 0. The number of carbonyl (C=O) groups is 2. The summed E-state index contributed by atoms with van der Waals surface area (Å²) in [6.07, 6.45) is 1.78. The number of fused-ring (bicyclic) bond motifs is 3. The first-order chi connectivity index (χ1) is 20.1. The Morgan fingerprint density at radius 2 is 1.69 bits per heavy atom. The second-order valence-corrected chi connectivity index (χ2v) is 12.2. The highest BCUT2D eigenvalue weighted by atomic mass is 35.5. The Labute approximate surface area is 253 Å². The van der Waals surface area contributed by atoms with Gasteiger partial charge in [-0.2, -0.15) is 0 Å². The van der Waals surface area contributed by atoms with Gasteiger partial charge in [-0.25, -0.2) is 13.6 Å². The molecule has 6 nitrogen and oxygen atoms in total. The lowest BCUT2D eigenvalue weighted by molar-refractivity contribution is -0.134. The lowest BCUT2D eigenvalue weighted by atomic mass is 9.81. The average molecular weight is 615 g/mol. The number of amides is 2. The van der Waals surface area contributed by atoms with Crippen LogP contribution in [0.15, 0.2) is 54.6 Å². The molecule has 0 bridgehead atoms. The zero-order chi connectivity index (χ0) is 29.6. The molecule has 1 spiro atoms. The molecular formula is C32H31Cl2F2N3O3. The SMILES string of the molecule is CN1C(=O)OC2(CCN(CCC(C(=O)N3CCc4ccc(F)cc4C3)c3ccc(Cl)c(Cl)c3)CC2)c2cc(F)ccc21. The van der Waals surface area contributed by atoms with E-state index in [4.69, 9.17) is 27.9 Å². The largest absolute Gasteiger partial charge is 0.437 e. The van der Waals surface area contributed by atoms with Crippen molar-refractivity contribution in [1.29, 1.82) is 0 Å². The van der Waals surface area contributed by atoms with Crippen molar-refractivity contribution >= 4 is 40.9 Å². The second kappa shape index (κ2) is 11.5. The summed E-state index contributed by atoms with van der Waals surface area (Å²) in [5.74, 6) is -1.19. The maximum atomic E-state index is 14.2. The summed E-state index contributed by atoms with van der Waals surface area (Å²) in [4.78, 5) is 32.1. The minimum atomic E-state index is -0.882. The van der Waals surface area contributed by atoms with Gasteiger partial charge in [-0.05, 0) is 78.5 Å². The third-order valence-corrected chi connectivity index (χ3v) is 9.64. The number of halogens is 4. The zero-order valence-corrected chi connectivity index (χ0v) is 24.7. The van der Waals surface area contributed by atoms with Crippen molar-refractivity contribution in [1.82, 2.24) is 9.80 Å². The minimum Gasteiger partial charge on any atom is -0.437 e. The highest BCUT2D eigenvalue weighted by Gasteiger charge is 2.46. The highest BCUT2D eigenvalue weighted by Crippen LogP contribution is 2.45. The fourth-order valence-corrected chi connectivity index (χ4v) is 6.78. The van der Waals surface area contributed by atoms with E-state index in [0.717, 1.165) is 16.7 Å². The molecule has 10 heteroatoms. The van der Waals surface area contributed by atoms with Gasteiger partial charge in [0.05, 0.1) is 21.7 Å². The fourth-order valence-electron chi connectivity index (χ4n) is 6.47. The Bertz CT molecular complexity index is 1540. The molecule has 1 saturated heterocycles. The van der Waals surface area contributed by atoms with Gasteiger partial charge < -0.3 is 14.5 Å². The first-order valence-corrected chi connectivity index (χ1v) is 14.9. The number of anilines is 1. The van der Waals surface area contributed by atoms with Gasteiger partial charge in [0.2, 0.25) is 5.91 Å². The van der Waals surface area contributed by atoms with Crippen LogP contribution in [0.1, 0.15) is 47.4 Å². The molecular weight excluding hydrogens is 583 g/mol. The van der Waals surface area contributed by atoms with E-state index >= 15 is 0 Å². The summed E-state index contributed by atoms with van der Waals surface area (Å²) in [7, 11) is 1.62. The summed E-state index contributed by atoms with van der Waals surface area (Å²) >= 11 is 12.5. The molecule has 0 radical (unpaired) electrons. The Morgan fingerprint density at radius 1 is 0.952 bits per heavy atom. The maximum Gasteiger partial charge on any atom is 0.414 e. The van der Waals surface area contributed by atoms with Gasteiger partial charge in [0.15, 0.2) is 0 Å². The van der Waals surface area contributed by atoms with Crippen LogP contribution in [0.5, 0.6) is 0 Å². The van der Waals surface area contributed by atoms with Crippen LogP contribution in [0.25, 0.3) is 0 Å². The topological polar surface area (TPSA) is 53.1 Å². The van der Waals surface area contributed by atoms with E-state index in [1.165, 1.54) is 29.2 Å². The van der Waals surface area contributed by atoms with Crippen LogP contribution in [-0.2, 0) is 28.1 Å². The third kappa shape index (κ3) is 5.48. The predicted octanol–water partition coefficient (Wildman–Crippen LogP) is 6.91. The Hall–Kier alpha value is -3.20. The van der Waals surface area contributed by atoms with Gasteiger partial charge >= 0.3 is 6.09 Å². The molecule has 3 aliphatic rings. The van der Waals surface area contributed by atoms with Crippen molar-refractivity contribution in [3.63, 3.8) is 0 Å². The van der Waals surface area contributed by atoms with E-state index in [0.29, 0.717) is 79.7 Å². The molecule has 1 atom stereocenters. The summed E-state index contributed by atoms with van der Waals surface area (Å²) < 4.78 is 34.1. The molecule has 220 valence electrons. The zero-order valence-electron chi connectivity index (χ0n) is 23.2. The van der Waals surface area contributed by atoms with Crippen LogP contribution in [0, 0.1) is 11.6 Å². The van der Waals surface area contributed by atoms with Crippen LogP contribution in [-0.4, -0.2) is 55.0 Å². The van der Waals surface area contributed by atoms with Crippen LogP contribution in [0.3, 0.4) is 0 Å². The first kappa shape index (κ1) is 28.9. The van der Waals surface area contributed by atoms with Gasteiger partial charge in [-0.15, -0.1) is 0 Å². The number of benzene rings is 3. The summed E-state index contributed by atoms with van der Waals surface area (Å²) in [6, 6.07) is 14.5. The van der Waals surface area contributed by atoms with E-state index in [2.05, 4.69) is 4.90 Å². The molecule has 3 heterocycles. The molecule has 3 aliphatic heterocycles. The van der Waals surface area contributed by atoms with E-state index in [-0.39, 0.29) is 17.5 Å². The molecule has 0 aromatic heterocycles. The minimum absolute atomic E-state index is 0.0366. The summed E-state index contributed by atoms with van der Waals surface area (Å²) in [5.41, 5.74) is 3.14. The second-order valence-electron chi connectivity index (χ2n) is 11.4. The number of carbonyl (C=O) groups excluding carboxylic acids is 2. The van der Waals surface area contributed by atoms with E-state index in [1.807, 2.05) is 6.07 Å². The van der Waals surface area contributed by atoms with E-state index in [9.17, 15) is 18.4 Å². The van der Waals surface area contributed by atoms with Gasteiger partial charge in [0.1, 0.15) is 17.2 Å². The molecule has 3 aromatic carbocycles. The standard InChI is InChI=1S/C32H31Cl2F2N3O3/c1-37-29-7-5-24(36)18-26(29)32(42-31(37)41)10-14-38(15-11-32)12-9-25(21-3-6-27(33)28(34)17-21)30(40)39-13-8-20-2-4-23(35)16-22(20)19-39/h2-7,16-18,25H,8-15,19H2,1H3. The molecule has 2 amide bonds. The highest BCUT2D eigenvalue weighted by molar-refractivity contribution is 6.42. The lowest BCUT2D eigenvalue weighted by Gasteiger charge is -2.46. The fraction of sp³-hybridized carbons (Fsp3) is 0.375. The van der Waals surface area contributed by atoms with Crippen molar-refractivity contribution in [2.75, 3.05) is 38.1 Å². The molecule has 0 N–H and O–H groups in total. The molecule has 1 unspecified atom stereocenters. The van der Waals surface area contributed by atoms with E-state index < -0.39 is 17.6 Å². The van der Waals surface area contributed by atoms with Gasteiger partial charge in [-0.3, -0.25) is 9.69 Å². The van der Waals surface area contributed by atoms with Crippen LogP contribution in [0.4, 0.5) is 19.3 Å². The first-order valence-electron chi connectivity index (χ1n) is 14.1. The monoisotopic (exact) mass is 613 g/mol. The van der Waals surface area contributed by atoms with E-state index in [1.54, 1.807) is 36.2 Å². The summed E-state index contributed by atoms with van der Waals surface area (Å²) in [5, 5.41) is 0.799. The number of hydrogen-bond acceptors (Lipinski definition) is 4. The Kier molecular flexibility index (Phi) is 7.89. The van der Waals surface area contributed by atoms with Crippen molar-refractivity contribution < 1.29 is 23.1 Å². The number of nitrogens with zero attached hydrogens (tertiary/aromatic N) is 3.